The number of imidazole rings is 1. The first kappa shape index (κ1) is 16.7. The zero-order valence-corrected chi connectivity index (χ0v) is 14.0. The van der Waals surface area contributed by atoms with Crippen molar-refractivity contribution in [1.29, 1.82) is 0 Å². The van der Waals surface area contributed by atoms with E-state index in [0.29, 0.717) is 24.0 Å². The van der Waals surface area contributed by atoms with Crippen molar-refractivity contribution in [1.82, 2.24) is 14.5 Å². The zero-order valence-electron chi connectivity index (χ0n) is 13.2. The van der Waals surface area contributed by atoms with Crippen LogP contribution in [0.5, 0.6) is 0 Å². The summed E-state index contributed by atoms with van der Waals surface area (Å²) >= 11 is 0. The van der Waals surface area contributed by atoms with Gasteiger partial charge in [-0.25, -0.2) is 17.6 Å². The molecule has 7 nitrogen and oxygen atoms in total. The van der Waals surface area contributed by atoms with Crippen LogP contribution in [-0.2, 0) is 21.2 Å². The smallest absolute Gasteiger partial charge is 0.326 e. The maximum Gasteiger partial charge on any atom is 0.326 e. The molecule has 0 radical (unpaired) electrons. The number of nitrogens with one attached hydrogen (secondary N) is 1. The van der Waals surface area contributed by atoms with Gasteiger partial charge in [-0.15, -0.1) is 0 Å². The molecule has 1 unspecified atom stereocenters. The van der Waals surface area contributed by atoms with Crippen molar-refractivity contribution in [2.24, 2.45) is 0 Å². The molecular formula is C15H18FN3O4S. The van der Waals surface area contributed by atoms with Crippen molar-refractivity contribution in [2.45, 2.75) is 25.9 Å². The van der Waals surface area contributed by atoms with Gasteiger partial charge in [0.25, 0.3) is 0 Å². The summed E-state index contributed by atoms with van der Waals surface area (Å²) in [5.41, 5.74) is 0.253. The van der Waals surface area contributed by atoms with Crippen molar-refractivity contribution < 1.29 is 17.6 Å². The number of nitrogens with zero attached hydrogens (tertiary/aromatic N) is 2. The molecular weight excluding hydrogens is 337 g/mol. The Balaban J connectivity index is 1.86. The minimum Gasteiger partial charge on any atom is -0.337 e. The van der Waals surface area contributed by atoms with Crippen molar-refractivity contribution >= 4 is 26.8 Å². The molecule has 0 spiro atoms. The van der Waals surface area contributed by atoms with Crippen molar-refractivity contribution in [3.63, 3.8) is 0 Å². The van der Waals surface area contributed by atoms with Crippen LogP contribution < -0.4 is 5.69 Å². The second kappa shape index (κ2) is 6.04. The van der Waals surface area contributed by atoms with E-state index in [1.54, 1.807) is 6.92 Å². The van der Waals surface area contributed by atoms with Crippen LogP contribution in [0.4, 0.5) is 4.39 Å². The molecule has 1 amide bonds. The highest BCUT2D eigenvalue weighted by atomic mass is 32.2. The Bertz CT molecular complexity index is 947. The van der Waals surface area contributed by atoms with Gasteiger partial charge in [0.1, 0.15) is 12.4 Å². The van der Waals surface area contributed by atoms with Gasteiger partial charge in [-0.05, 0) is 31.5 Å². The van der Waals surface area contributed by atoms with Crippen molar-refractivity contribution in [3.8, 4) is 0 Å². The van der Waals surface area contributed by atoms with Gasteiger partial charge in [-0.1, -0.05) is 0 Å². The van der Waals surface area contributed by atoms with Gasteiger partial charge in [0, 0.05) is 12.6 Å². The molecule has 1 N–H and O–H groups in total. The molecule has 9 heteroatoms. The molecule has 1 aliphatic rings. The minimum absolute atomic E-state index is 0.0411. The average Bonchev–Trinajstić information content (AvgIpc) is 3.00. The number of carbonyl (C=O) groups is 1. The van der Waals surface area contributed by atoms with E-state index in [2.05, 4.69) is 4.98 Å². The fraction of sp³-hybridized carbons (Fsp3) is 0.467. The molecule has 1 saturated heterocycles. The number of sulfone groups is 1. The van der Waals surface area contributed by atoms with Gasteiger partial charge in [0.05, 0.1) is 22.5 Å². The van der Waals surface area contributed by atoms with E-state index in [4.69, 9.17) is 0 Å². The lowest BCUT2D eigenvalue weighted by Gasteiger charge is -2.27. The highest BCUT2D eigenvalue weighted by Gasteiger charge is 2.34. The van der Waals surface area contributed by atoms with Gasteiger partial charge in [0.15, 0.2) is 9.84 Å². The summed E-state index contributed by atoms with van der Waals surface area (Å²) in [6, 6.07) is 3.49. The number of aromatic amines is 1. The Morgan fingerprint density at radius 3 is 2.83 bits per heavy atom. The zero-order chi connectivity index (χ0) is 17.5. The van der Waals surface area contributed by atoms with Gasteiger partial charge >= 0.3 is 5.69 Å². The molecule has 1 aromatic heterocycles. The van der Waals surface area contributed by atoms with Crippen LogP contribution in [0.2, 0.25) is 0 Å². The predicted molar refractivity (Wildman–Crippen MR) is 87.0 cm³/mol. The first-order valence-corrected chi connectivity index (χ1v) is 9.51. The van der Waals surface area contributed by atoms with Crippen molar-refractivity contribution in [2.75, 3.05) is 18.1 Å². The Hall–Kier alpha value is -2.16. The first-order chi connectivity index (χ1) is 11.3. The second-order valence-corrected chi connectivity index (χ2v) is 8.14. The van der Waals surface area contributed by atoms with Crippen LogP contribution in [0, 0.1) is 5.82 Å². The first-order valence-electron chi connectivity index (χ1n) is 7.68. The summed E-state index contributed by atoms with van der Waals surface area (Å²) in [5.74, 6) is -0.769. The Kier molecular flexibility index (Phi) is 4.20. The number of hydrogen-bond acceptors (Lipinski definition) is 4. The maximum absolute atomic E-state index is 13.2. The average molecular weight is 355 g/mol. The molecule has 130 valence electrons. The van der Waals surface area contributed by atoms with Gasteiger partial charge < -0.3 is 9.88 Å². The molecule has 0 bridgehead atoms. The van der Waals surface area contributed by atoms with Gasteiger partial charge in [-0.2, -0.15) is 0 Å². The molecule has 1 fully saturated rings. The highest BCUT2D eigenvalue weighted by molar-refractivity contribution is 7.91. The van der Waals surface area contributed by atoms with Crippen LogP contribution >= 0.6 is 0 Å². The Morgan fingerprint density at radius 1 is 1.46 bits per heavy atom. The summed E-state index contributed by atoms with van der Waals surface area (Å²) in [6.07, 6.45) is 0.413. The van der Waals surface area contributed by atoms with E-state index >= 15 is 0 Å². The third kappa shape index (κ3) is 3.08. The fourth-order valence-corrected chi connectivity index (χ4v) is 4.91. The lowest BCUT2D eigenvalue weighted by atomic mass is 10.2. The van der Waals surface area contributed by atoms with E-state index < -0.39 is 21.3 Å². The number of rotatable bonds is 4. The number of carbonyl (C=O) groups excluding carboxylic acids is 1. The number of benzene rings is 1. The van der Waals surface area contributed by atoms with E-state index in [1.807, 2.05) is 0 Å². The van der Waals surface area contributed by atoms with E-state index in [9.17, 15) is 22.4 Å². The minimum atomic E-state index is -3.10. The number of amides is 1. The number of aromatic nitrogens is 2. The number of fused-ring (bicyclic) bond motifs is 1. The number of halogens is 1. The van der Waals surface area contributed by atoms with Crippen molar-refractivity contribution in [3.05, 3.63) is 34.5 Å². The number of hydrogen-bond donors (Lipinski definition) is 1. The Morgan fingerprint density at radius 2 is 2.21 bits per heavy atom. The largest absolute Gasteiger partial charge is 0.337 e. The summed E-state index contributed by atoms with van der Waals surface area (Å²) in [6.45, 7) is 1.93. The van der Waals surface area contributed by atoms with E-state index in [0.717, 1.165) is 0 Å². The monoisotopic (exact) mass is 355 g/mol. The van der Waals surface area contributed by atoms with Crippen LogP contribution in [0.1, 0.15) is 13.3 Å². The summed E-state index contributed by atoms with van der Waals surface area (Å²) in [5, 5.41) is 0. The number of H-pyrrole nitrogens is 1. The van der Waals surface area contributed by atoms with Crippen LogP contribution in [0.25, 0.3) is 11.0 Å². The lowest BCUT2D eigenvalue weighted by Crippen LogP contribution is -2.43. The quantitative estimate of drug-likeness (QED) is 0.865. The third-order valence-corrected chi connectivity index (χ3v) is 6.09. The summed E-state index contributed by atoms with van der Waals surface area (Å²) < 4.78 is 37.7. The second-order valence-electron chi connectivity index (χ2n) is 5.91. The summed E-state index contributed by atoms with van der Waals surface area (Å²) in [7, 11) is -3.10. The molecule has 24 heavy (non-hydrogen) atoms. The molecule has 1 aromatic carbocycles. The van der Waals surface area contributed by atoms with Crippen LogP contribution in [0.15, 0.2) is 23.0 Å². The maximum atomic E-state index is 13.2. The molecule has 0 aliphatic carbocycles. The van der Waals surface area contributed by atoms with E-state index in [-0.39, 0.29) is 30.0 Å². The molecule has 1 aliphatic heterocycles. The predicted octanol–water partition coefficient (Wildman–Crippen LogP) is 0.504. The van der Waals surface area contributed by atoms with Crippen LogP contribution in [-0.4, -0.2) is 52.9 Å². The molecule has 3 rings (SSSR count). The third-order valence-electron chi connectivity index (χ3n) is 4.34. The van der Waals surface area contributed by atoms with Gasteiger partial charge in [0.2, 0.25) is 5.91 Å². The summed E-state index contributed by atoms with van der Waals surface area (Å²) in [4.78, 5) is 28.6. The normalized spacial score (nSPS) is 19.7. The van der Waals surface area contributed by atoms with Gasteiger partial charge in [-0.3, -0.25) is 9.36 Å². The van der Waals surface area contributed by atoms with E-state index in [1.165, 1.54) is 27.7 Å². The SMILES string of the molecule is CCN(C(=O)Cn1c(=O)[nH]c2cc(F)ccc21)C1CCS(=O)(=O)C1. The molecule has 2 aromatic rings. The highest BCUT2D eigenvalue weighted by Crippen LogP contribution is 2.19. The lowest BCUT2D eigenvalue weighted by molar-refractivity contribution is -0.133. The topological polar surface area (TPSA) is 92.2 Å². The molecule has 0 saturated carbocycles. The molecule has 2 heterocycles. The fourth-order valence-electron chi connectivity index (χ4n) is 3.18. The Labute approximate surface area is 138 Å². The van der Waals surface area contributed by atoms with Crippen LogP contribution in [0.3, 0.4) is 0 Å². The number of likely N-dealkylation sites (N-methyl/N-ethyl adjacent to an activating group) is 1. The standard InChI is InChI=1S/C15H18FN3O4S/c1-2-18(11-5-6-24(22,23)9-11)14(20)8-19-13-4-3-10(16)7-12(13)17-15(19)21/h3-4,7,11H,2,5-6,8-9H2,1H3,(H,17,21). The molecule has 1 atom stereocenters.